The van der Waals surface area contributed by atoms with E-state index in [9.17, 15) is 9.59 Å². The normalized spacial score (nSPS) is 16.0. The minimum Gasteiger partial charge on any atom is -0.468 e. The fourth-order valence-electron chi connectivity index (χ4n) is 2.95. The number of carbonyl (C=O) groups is 2. The zero-order valence-corrected chi connectivity index (χ0v) is 14.6. The number of hydrogen-bond acceptors (Lipinski definition) is 6. The molecule has 26 heavy (non-hydrogen) atoms. The van der Waals surface area contributed by atoms with E-state index in [-0.39, 0.29) is 11.9 Å². The van der Waals surface area contributed by atoms with Crippen LogP contribution in [0.3, 0.4) is 0 Å². The Bertz CT molecular complexity index is 721. The van der Waals surface area contributed by atoms with Gasteiger partial charge in [-0.05, 0) is 36.4 Å². The third-order valence-electron chi connectivity index (χ3n) is 4.38. The van der Waals surface area contributed by atoms with E-state index < -0.39 is 5.97 Å². The lowest BCUT2D eigenvalue weighted by Crippen LogP contribution is -2.43. The van der Waals surface area contributed by atoms with Crippen LogP contribution >= 0.6 is 0 Å². The number of nitrogens with one attached hydrogen (secondary N) is 1. The maximum absolute atomic E-state index is 12.5. The number of nitrogens with zero attached hydrogens (tertiary/aromatic N) is 1. The Morgan fingerprint density at radius 1 is 1.15 bits per heavy atom. The summed E-state index contributed by atoms with van der Waals surface area (Å²) in [5.41, 5.74) is 0.892. The largest absolute Gasteiger partial charge is 0.468 e. The van der Waals surface area contributed by atoms with Crippen molar-refractivity contribution >= 4 is 11.9 Å². The molecule has 3 rings (SSSR count). The first-order valence-electron chi connectivity index (χ1n) is 8.51. The first-order chi connectivity index (χ1) is 12.7. The average molecular weight is 358 g/mol. The van der Waals surface area contributed by atoms with Gasteiger partial charge in [-0.2, -0.15) is 0 Å². The number of furan rings is 1. The second kappa shape index (κ2) is 8.64. The molecule has 138 valence electrons. The molecule has 7 heteroatoms. The summed E-state index contributed by atoms with van der Waals surface area (Å²) >= 11 is 0. The second-order valence-electron chi connectivity index (χ2n) is 5.96. The van der Waals surface area contributed by atoms with Crippen LogP contribution in [0.2, 0.25) is 0 Å². The molecule has 1 atom stereocenters. The Morgan fingerprint density at radius 2 is 1.85 bits per heavy atom. The Hall–Kier alpha value is -2.64. The van der Waals surface area contributed by atoms with Crippen molar-refractivity contribution in [1.82, 2.24) is 10.2 Å². The molecule has 1 fully saturated rings. The quantitative estimate of drug-likeness (QED) is 0.794. The van der Waals surface area contributed by atoms with E-state index in [0.29, 0.717) is 30.9 Å². The molecule has 0 spiro atoms. The summed E-state index contributed by atoms with van der Waals surface area (Å²) in [5, 5.41) is 2.95. The van der Waals surface area contributed by atoms with Crippen molar-refractivity contribution in [3.05, 3.63) is 59.5 Å². The summed E-state index contributed by atoms with van der Waals surface area (Å²) in [4.78, 5) is 26.2. The molecule has 1 saturated heterocycles. The molecule has 0 saturated carbocycles. The minimum atomic E-state index is -0.429. The minimum absolute atomic E-state index is 0.0489. The van der Waals surface area contributed by atoms with Crippen molar-refractivity contribution < 1.29 is 23.5 Å². The molecule has 0 bridgehead atoms. The zero-order chi connectivity index (χ0) is 18.4. The molecule has 0 aliphatic carbocycles. The molecule has 1 amide bonds. The highest BCUT2D eigenvalue weighted by Crippen LogP contribution is 2.21. The number of carbonyl (C=O) groups excluding carboxylic acids is 2. The molecular weight excluding hydrogens is 336 g/mol. The van der Waals surface area contributed by atoms with Crippen molar-refractivity contribution in [2.45, 2.75) is 6.04 Å². The van der Waals surface area contributed by atoms with E-state index in [1.165, 1.54) is 7.11 Å². The summed E-state index contributed by atoms with van der Waals surface area (Å²) < 4.78 is 15.6. The van der Waals surface area contributed by atoms with Crippen LogP contribution < -0.4 is 5.32 Å². The van der Waals surface area contributed by atoms with Gasteiger partial charge in [0.15, 0.2) is 0 Å². The average Bonchev–Trinajstić information content (AvgIpc) is 3.23. The second-order valence-corrected chi connectivity index (χ2v) is 5.96. The third kappa shape index (κ3) is 4.30. The van der Waals surface area contributed by atoms with Gasteiger partial charge in [0.2, 0.25) is 0 Å². The van der Waals surface area contributed by atoms with Crippen molar-refractivity contribution in [1.29, 1.82) is 0 Å². The highest BCUT2D eigenvalue weighted by atomic mass is 16.5. The predicted molar refractivity (Wildman–Crippen MR) is 94.0 cm³/mol. The Labute approximate surface area is 151 Å². The van der Waals surface area contributed by atoms with Crippen LogP contribution in [0, 0.1) is 0 Å². The van der Waals surface area contributed by atoms with E-state index in [2.05, 4.69) is 15.0 Å². The number of methoxy groups -OCH3 is 1. The van der Waals surface area contributed by atoms with Gasteiger partial charge in [0.25, 0.3) is 5.91 Å². The number of ether oxygens (including phenoxy) is 2. The number of esters is 1. The van der Waals surface area contributed by atoms with Gasteiger partial charge in [-0.15, -0.1) is 0 Å². The summed E-state index contributed by atoms with van der Waals surface area (Å²) in [5.74, 6) is 0.182. The maximum atomic E-state index is 12.5. The standard InChI is InChI=1S/C19H22N2O5/c1-24-19(23)15-6-4-14(5-7-15)18(22)20-13-16(17-3-2-10-26-17)21-8-11-25-12-9-21/h2-7,10,16H,8-9,11-13H2,1H3,(H,20,22). The smallest absolute Gasteiger partial charge is 0.337 e. The number of morpholine rings is 1. The van der Waals surface area contributed by atoms with Crippen LogP contribution in [0.5, 0.6) is 0 Å². The van der Waals surface area contributed by atoms with Gasteiger partial charge in [-0.25, -0.2) is 4.79 Å². The SMILES string of the molecule is COC(=O)c1ccc(C(=O)NCC(c2ccco2)N2CCOCC2)cc1. The summed E-state index contributed by atoms with van der Waals surface area (Å²) in [6.45, 7) is 3.33. The van der Waals surface area contributed by atoms with Crippen molar-refractivity contribution in [2.24, 2.45) is 0 Å². The van der Waals surface area contributed by atoms with Crippen LogP contribution in [-0.4, -0.2) is 56.7 Å². The van der Waals surface area contributed by atoms with Crippen molar-refractivity contribution in [3.63, 3.8) is 0 Å². The van der Waals surface area contributed by atoms with Gasteiger partial charge in [0.1, 0.15) is 5.76 Å². The first-order valence-corrected chi connectivity index (χ1v) is 8.51. The topological polar surface area (TPSA) is 81.0 Å². The lowest BCUT2D eigenvalue weighted by Gasteiger charge is -2.33. The summed E-state index contributed by atoms with van der Waals surface area (Å²) in [6.07, 6.45) is 1.64. The molecule has 1 aromatic heterocycles. The zero-order valence-electron chi connectivity index (χ0n) is 14.6. The molecule has 1 aliphatic rings. The third-order valence-corrected chi connectivity index (χ3v) is 4.38. The van der Waals surface area contributed by atoms with Gasteiger partial charge < -0.3 is 19.2 Å². The Balaban J connectivity index is 1.64. The molecule has 2 heterocycles. The highest BCUT2D eigenvalue weighted by Gasteiger charge is 2.25. The number of benzene rings is 1. The van der Waals surface area contributed by atoms with Crippen molar-refractivity contribution in [2.75, 3.05) is 40.0 Å². The molecule has 0 radical (unpaired) electrons. The summed E-state index contributed by atoms with van der Waals surface area (Å²) in [6, 6.07) is 10.1. The van der Waals surface area contributed by atoms with Gasteiger partial charge in [0.05, 0.1) is 38.2 Å². The molecular formula is C19H22N2O5. The monoisotopic (exact) mass is 358 g/mol. The molecule has 1 aromatic carbocycles. The molecule has 1 aliphatic heterocycles. The highest BCUT2D eigenvalue weighted by molar-refractivity contribution is 5.96. The summed E-state index contributed by atoms with van der Waals surface area (Å²) in [7, 11) is 1.32. The number of hydrogen-bond donors (Lipinski definition) is 1. The first kappa shape index (κ1) is 18.2. The lowest BCUT2D eigenvalue weighted by molar-refractivity contribution is 0.0118. The Kier molecular flexibility index (Phi) is 6.04. The molecule has 2 aromatic rings. The van der Waals surface area contributed by atoms with Crippen LogP contribution in [0.4, 0.5) is 0 Å². The van der Waals surface area contributed by atoms with E-state index in [1.807, 2.05) is 12.1 Å². The molecule has 7 nitrogen and oxygen atoms in total. The van der Waals surface area contributed by atoms with Gasteiger partial charge in [-0.1, -0.05) is 0 Å². The van der Waals surface area contributed by atoms with E-state index in [0.717, 1.165) is 18.8 Å². The fraction of sp³-hybridized carbons (Fsp3) is 0.368. The number of rotatable bonds is 6. The predicted octanol–water partition coefficient (Wildman–Crippen LogP) is 1.87. The Morgan fingerprint density at radius 3 is 2.46 bits per heavy atom. The van der Waals surface area contributed by atoms with Gasteiger partial charge >= 0.3 is 5.97 Å². The fourth-order valence-corrected chi connectivity index (χ4v) is 2.95. The van der Waals surface area contributed by atoms with E-state index >= 15 is 0 Å². The van der Waals surface area contributed by atoms with E-state index in [4.69, 9.17) is 9.15 Å². The van der Waals surface area contributed by atoms with Crippen LogP contribution in [0.1, 0.15) is 32.5 Å². The van der Waals surface area contributed by atoms with Crippen LogP contribution in [0.15, 0.2) is 47.1 Å². The van der Waals surface area contributed by atoms with Crippen molar-refractivity contribution in [3.8, 4) is 0 Å². The molecule has 1 N–H and O–H groups in total. The lowest BCUT2D eigenvalue weighted by atomic mass is 10.1. The van der Waals surface area contributed by atoms with E-state index in [1.54, 1.807) is 30.5 Å². The number of amides is 1. The van der Waals surface area contributed by atoms with Crippen LogP contribution in [0.25, 0.3) is 0 Å². The van der Waals surface area contributed by atoms with Gasteiger partial charge in [-0.3, -0.25) is 9.69 Å². The maximum Gasteiger partial charge on any atom is 0.337 e. The van der Waals surface area contributed by atoms with Crippen LogP contribution in [-0.2, 0) is 9.47 Å². The molecule has 1 unspecified atom stereocenters. The van der Waals surface area contributed by atoms with Gasteiger partial charge in [0, 0.05) is 25.2 Å².